The van der Waals surface area contributed by atoms with Crippen LogP contribution in [0.1, 0.15) is 38.7 Å². The van der Waals surface area contributed by atoms with E-state index in [0.29, 0.717) is 12.3 Å². The van der Waals surface area contributed by atoms with Gasteiger partial charge in [0.1, 0.15) is 11.9 Å². The molecule has 0 bridgehead atoms. The topological polar surface area (TPSA) is 125 Å². The molecule has 2 fully saturated rings. The Kier molecular flexibility index (Phi) is 9.30. The number of phenolic OH excluding ortho intramolecular Hbond substituents is 1. The first-order chi connectivity index (χ1) is 18.1. The van der Waals surface area contributed by atoms with E-state index in [0.717, 1.165) is 25.0 Å². The third-order valence-corrected chi connectivity index (χ3v) is 8.99. The number of sulfonamides is 1. The fourth-order valence-corrected chi connectivity index (χ4v) is 6.97. The van der Waals surface area contributed by atoms with Crippen molar-refractivity contribution in [2.24, 2.45) is 11.8 Å². The third-order valence-electron chi connectivity index (χ3n) is 7.16. The number of aliphatic hydroxyl groups is 1. The molecule has 1 aliphatic heterocycles. The van der Waals surface area contributed by atoms with Gasteiger partial charge in [-0.1, -0.05) is 50.2 Å². The summed E-state index contributed by atoms with van der Waals surface area (Å²) in [6.07, 6.45) is 0.705. The number of carbonyl (C=O) groups excluding carboxylic acids is 1. The summed E-state index contributed by atoms with van der Waals surface area (Å²) >= 11 is 0. The molecule has 9 nitrogen and oxygen atoms in total. The van der Waals surface area contributed by atoms with Gasteiger partial charge in [-0.15, -0.1) is 0 Å². The number of carbonyl (C=O) groups is 1. The SMILES string of the molecule is CC(C)CN(C[C@@H](O)[C@H](Cc1ccccc1)NC(=O)OC1CC2CCO[C@@H]2C1)S(=O)(=O)c1cccc(O)c1. The number of ether oxygens (including phenoxy) is 2. The predicted molar refractivity (Wildman–Crippen MR) is 142 cm³/mol. The highest BCUT2D eigenvalue weighted by Crippen LogP contribution is 2.37. The van der Waals surface area contributed by atoms with E-state index >= 15 is 0 Å². The molecule has 38 heavy (non-hydrogen) atoms. The molecule has 1 heterocycles. The van der Waals surface area contributed by atoms with Crippen LogP contribution in [0.5, 0.6) is 5.75 Å². The average Bonchev–Trinajstić information content (AvgIpc) is 3.45. The van der Waals surface area contributed by atoms with Gasteiger partial charge in [-0.2, -0.15) is 4.31 Å². The van der Waals surface area contributed by atoms with Gasteiger partial charge >= 0.3 is 6.09 Å². The maximum atomic E-state index is 13.5. The number of aliphatic hydroxyl groups excluding tert-OH is 1. The Balaban J connectivity index is 1.49. The molecule has 1 saturated heterocycles. The van der Waals surface area contributed by atoms with Gasteiger partial charge in [-0.25, -0.2) is 13.2 Å². The summed E-state index contributed by atoms with van der Waals surface area (Å²) in [5.74, 6) is 0.221. The summed E-state index contributed by atoms with van der Waals surface area (Å²) in [6.45, 7) is 4.43. The molecule has 0 spiro atoms. The van der Waals surface area contributed by atoms with E-state index in [-0.39, 0.29) is 48.3 Å². The molecule has 5 atom stereocenters. The van der Waals surface area contributed by atoms with Gasteiger partial charge in [-0.3, -0.25) is 0 Å². The maximum absolute atomic E-state index is 13.5. The van der Waals surface area contributed by atoms with Crippen molar-refractivity contribution in [2.45, 2.75) is 68.8 Å². The van der Waals surface area contributed by atoms with Crippen molar-refractivity contribution in [3.63, 3.8) is 0 Å². The molecule has 0 radical (unpaired) electrons. The molecular formula is C28H38N2O7S. The summed E-state index contributed by atoms with van der Waals surface area (Å²) < 4.78 is 39.5. The summed E-state index contributed by atoms with van der Waals surface area (Å²) in [5, 5.41) is 24.0. The lowest BCUT2D eigenvalue weighted by atomic mass is 10.0. The fraction of sp³-hybridized carbons (Fsp3) is 0.536. The van der Waals surface area contributed by atoms with Crippen LogP contribution in [0.25, 0.3) is 0 Å². The van der Waals surface area contributed by atoms with Gasteiger partial charge < -0.3 is 25.0 Å². The van der Waals surface area contributed by atoms with Crippen molar-refractivity contribution < 1.29 is 32.9 Å². The first-order valence-corrected chi connectivity index (χ1v) is 14.7. The molecule has 208 valence electrons. The Hall–Kier alpha value is -2.66. The van der Waals surface area contributed by atoms with Gasteiger partial charge in [0, 0.05) is 26.1 Å². The first kappa shape index (κ1) is 28.4. The number of hydrogen-bond donors (Lipinski definition) is 3. The monoisotopic (exact) mass is 546 g/mol. The summed E-state index contributed by atoms with van der Waals surface area (Å²) in [5.41, 5.74) is 0.881. The number of alkyl carbamates (subject to hydrolysis) is 1. The van der Waals surface area contributed by atoms with Crippen LogP contribution >= 0.6 is 0 Å². The Labute approximate surface area is 224 Å². The molecule has 3 N–H and O–H groups in total. The number of rotatable bonds is 11. The van der Waals surface area contributed by atoms with E-state index in [1.165, 1.54) is 28.6 Å². The number of nitrogens with zero attached hydrogens (tertiary/aromatic N) is 1. The van der Waals surface area contributed by atoms with Crippen molar-refractivity contribution in [2.75, 3.05) is 19.7 Å². The van der Waals surface area contributed by atoms with Crippen molar-refractivity contribution in [1.82, 2.24) is 9.62 Å². The molecule has 2 aromatic rings. The van der Waals surface area contributed by atoms with Crippen LogP contribution in [0.15, 0.2) is 59.5 Å². The number of hydrogen-bond acceptors (Lipinski definition) is 7. The van der Waals surface area contributed by atoms with Crippen LogP contribution in [0.4, 0.5) is 4.79 Å². The molecule has 2 unspecified atom stereocenters. The minimum Gasteiger partial charge on any atom is -0.508 e. The van der Waals surface area contributed by atoms with Crippen molar-refractivity contribution in [1.29, 1.82) is 0 Å². The standard InChI is InChI=1S/C28H38N2O7S/c1-19(2)17-30(38(34,35)24-10-6-9-22(31)15-24)18-26(32)25(13-20-7-4-3-5-8-20)29-28(33)37-23-14-21-11-12-36-27(21)16-23/h3-10,15,19,21,23,25-27,31-32H,11-14,16-18H2,1-2H3,(H,29,33)/t21?,23?,25-,26+,27+/m0/s1. The second kappa shape index (κ2) is 12.5. The van der Waals surface area contributed by atoms with Gasteiger partial charge in [0.25, 0.3) is 0 Å². The normalized spacial score (nSPS) is 22.8. The average molecular weight is 547 g/mol. The van der Waals surface area contributed by atoms with Crippen molar-refractivity contribution in [3.8, 4) is 5.75 Å². The number of amides is 1. The first-order valence-electron chi connectivity index (χ1n) is 13.2. The molecule has 4 rings (SSSR count). The highest BCUT2D eigenvalue weighted by molar-refractivity contribution is 7.89. The Morgan fingerprint density at radius 2 is 1.89 bits per heavy atom. The van der Waals surface area contributed by atoms with Crippen molar-refractivity contribution in [3.05, 3.63) is 60.2 Å². The minimum absolute atomic E-state index is 0.0242. The molecule has 2 aromatic carbocycles. The molecular weight excluding hydrogens is 508 g/mol. The van der Waals surface area contributed by atoms with Crippen LogP contribution in [0, 0.1) is 11.8 Å². The van der Waals surface area contributed by atoms with Gasteiger partial charge in [-0.05, 0) is 54.9 Å². The van der Waals surface area contributed by atoms with Crippen LogP contribution in [-0.4, -0.2) is 73.1 Å². The second-order valence-electron chi connectivity index (χ2n) is 10.7. The second-order valence-corrected chi connectivity index (χ2v) is 12.6. The van der Waals surface area contributed by atoms with Crippen LogP contribution < -0.4 is 5.32 Å². The Bertz CT molecular complexity index is 1160. The molecule has 1 aliphatic carbocycles. The molecule has 10 heteroatoms. The molecule has 1 amide bonds. The van der Waals surface area contributed by atoms with Gasteiger partial charge in [0.05, 0.1) is 23.1 Å². The summed E-state index contributed by atoms with van der Waals surface area (Å²) in [7, 11) is -4.02. The van der Waals surface area contributed by atoms with Gasteiger partial charge in [0.15, 0.2) is 0 Å². The zero-order chi connectivity index (χ0) is 27.3. The smallest absolute Gasteiger partial charge is 0.407 e. The Morgan fingerprint density at radius 1 is 1.13 bits per heavy atom. The number of fused-ring (bicyclic) bond motifs is 1. The summed E-state index contributed by atoms with van der Waals surface area (Å²) in [6, 6.07) is 14.0. The van der Waals surface area contributed by atoms with E-state index < -0.39 is 28.3 Å². The fourth-order valence-electron chi connectivity index (χ4n) is 5.31. The van der Waals surface area contributed by atoms with Crippen LogP contribution in [0.3, 0.4) is 0 Å². The lowest BCUT2D eigenvalue weighted by Crippen LogP contribution is -2.51. The molecule has 0 aromatic heterocycles. The maximum Gasteiger partial charge on any atom is 0.407 e. The lowest BCUT2D eigenvalue weighted by Gasteiger charge is -2.31. The van der Waals surface area contributed by atoms with E-state index in [2.05, 4.69) is 5.32 Å². The molecule has 2 aliphatic rings. The summed E-state index contributed by atoms with van der Waals surface area (Å²) in [4.78, 5) is 12.8. The van der Waals surface area contributed by atoms with E-state index in [1.807, 2.05) is 44.2 Å². The zero-order valence-corrected chi connectivity index (χ0v) is 22.7. The quantitative estimate of drug-likeness (QED) is 0.395. The van der Waals surface area contributed by atoms with E-state index in [4.69, 9.17) is 9.47 Å². The minimum atomic E-state index is -4.02. The lowest BCUT2D eigenvalue weighted by molar-refractivity contribution is 0.0554. The zero-order valence-electron chi connectivity index (χ0n) is 21.9. The van der Waals surface area contributed by atoms with Crippen LogP contribution in [0.2, 0.25) is 0 Å². The highest BCUT2D eigenvalue weighted by atomic mass is 32.2. The van der Waals surface area contributed by atoms with E-state index in [9.17, 15) is 23.4 Å². The largest absolute Gasteiger partial charge is 0.508 e. The van der Waals surface area contributed by atoms with Gasteiger partial charge in [0.2, 0.25) is 10.0 Å². The third kappa shape index (κ3) is 7.25. The van der Waals surface area contributed by atoms with Crippen molar-refractivity contribution >= 4 is 16.1 Å². The number of benzene rings is 2. The van der Waals surface area contributed by atoms with Crippen LogP contribution in [-0.2, 0) is 25.9 Å². The number of nitrogens with one attached hydrogen (secondary N) is 1. The van der Waals surface area contributed by atoms with E-state index in [1.54, 1.807) is 0 Å². The molecule has 1 saturated carbocycles. The predicted octanol–water partition coefficient (Wildman–Crippen LogP) is 3.30. The highest BCUT2D eigenvalue weighted by Gasteiger charge is 2.40. The number of phenols is 1. The Morgan fingerprint density at radius 3 is 2.58 bits per heavy atom. The number of aromatic hydroxyl groups is 1.